The Morgan fingerprint density at radius 3 is 2.43 bits per heavy atom. The van der Waals surface area contributed by atoms with Gasteiger partial charge in [0.25, 0.3) is 5.91 Å². The Labute approximate surface area is 137 Å². The van der Waals surface area contributed by atoms with Crippen LogP contribution in [-0.4, -0.2) is 22.5 Å². The van der Waals surface area contributed by atoms with Crippen LogP contribution in [0.5, 0.6) is 0 Å². The number of carbonyl (C=O) groups excluding carboxylic acids is 1. The minimum absolute atomic E-state index is 0.0463. The number of rotatable bonds is 4. The van der Waals surface area contributed by atoms with Crippen LogP contribution in [0.2, 0.25) is 0 Å². The fourth-order valence-electron chi connectivity index (χ4n) is 5.24. The molecule has 0 radical (unpaired) electrons. The van der Waals surface area contributed by atoms with Gasteiger partial charge >= 0.3 is 5.97 Å². The highest BCUT2D eigenvalue weighted by Gasteiger charge is 2.73. The van der Waals surface area contributed by atoms with Gasteiger partial charge in [-0.15, -0.1) is 0 Å². The van der Waals surface area contributed by atoms with Crippen molar-refractivity contribution in [1.82, 2.24) is 5.32 Å². The summed E-state index contributed by atoms with van der Waals surface area (Å²) in [5.41, 5.74) is -1.13. The van der Waals surface area contributed by atoms with Gasteiger partial charge in [0.1, 0.15) is 5.54 Å². The first-order valence-corrected chi connectivity index (χ1v) is 8.42. The van der Waals surface area contributed by atoms with Crippen molar-refractivity contribution in [3.05, 3.63) is 35.9 Å². The van der Waals surface area contributed by atoms with Gasteiger partial charge < -0.3 is 10.4 Å². The number of carboxylic acid groups (broad SMARTS) is 1. The zero-order valence-corrected chi connectivity index (χ0v) is 14.1. The predicted molar refractivity (Wildman–Crippen MR) is 88.1 cm³/mol. The van der Waals surface area contributed by atoms with Crippen molar-refractivity contribution in [3.8, 4) is 0 Å². The van der Waals surface area contributed by atoms with Gasteiger partial charge in [-0.1, -0.05) is 39.0 Å². The first-order chi connectivity index (χ1) is 10.8. The topological polar surface area (TPSA) is 66.4 Å². The Balaban J connectivity index is 2.00. The molecule has 0 saturated heterocycles. The van der Waals surface area contributed by atoms with Gasteiger partial charge in [-0.2, -0.15) is 0 Å². The van der Waals surface area contributed by atoms with E-state index in [0.717, 1.165) is 19.3 Å². The fraction of sp³-hybridized carbons (Fsp3) is 0.579. The maximum absolute atomic E-state index is 12.7. The molecule has 0 spiro atoms. The Kier molecular flexibility index (Phi) is 3.54. The molecule has 2 aliphatic carbocycles. The summed E-state index contributed by atoms with van der Waals surface area (Å²) in [6.45, 7) is 6.39. The quantitative estimate of drug-likeness (QED) is 0.894. The number of amides is 1. The van der Waals surface area contributed by atoms with Crippen molar-refractivity contribution in [3.63, 3.8) is 0 Å². The molecule has 1 aromatic rings. The van der Waals surface area contributed by atoms with Crippen molar-refractivity contribution in [2.24, 2.45) is 16.7 Å². The molecule has 23 heavy (non-hydrogen) atoms. The Morgan fingerprint density at radius 2 is 1.91 bits per heavy atom. The first kappa shape index (κ1) is 16.0. The molecular formula is C19H25NO3. The summed E-state index contributed by atoms with van der Waals surface area (Å²) in [5.74, 6) is -0.837. The number of hydrogen-bond donors (Lipinski definition) is 2. The summed E-state index contributed by atoms with van der Waals surface area (Å²) in [5, 5.41) is 13.0. The van der Waals surface area contributed by atoms with Gasteiger partial charge in [0, 0.05) is 11.0 Å². The van der Waals surface area contributed by atoms with Crippen LogP contribution in [0.25, 0.3) is 0 Å². The number of hydrogen-bond acceptors (Lipinski definition) is 2. The highest BCUT2D eigenvalue weighted by Crippen LogP contribution is 2.71. The molecular weight excluding hydrogens is 290 g/mol. The minimum Gasteiger partial charge on any atom is -0.479 e. The lowest BCUT2D eigenvalue weighted by atomic mass is 9.61. The Bertz CT molecular complexity index is 643. The van der Waals surface area contributed by atoms with Crippen molar-refractivity contribution < 1.29 is 14.7 Å². The molecule has 4 atom stereocenters. The average molecular weight is 315 g/mol. The second kappa shape index (κ2) is 5.08. The normalized spacial score (nSPS) is 38.5. The molecule has 1 aromatic carbocycles. The van der Waals surface area contributed by atoms with Gasteiger partial charge in [0.15, 0.2) is 0 Å². The molecule has 2 fully saturated rings. The summed E-state index contributed by atoms with van der Waals surface area (Å²) >= 11 is 0. The summed E-state index contributed by atoms with van der Waals surface area (Å²) in [4.78, 5) is 24.9. The molecule has 4 unspecified atom stereocenters. The van der Waals surface area contributed by atoms with E-state index >= 15 is 0 Å². The molecule has 4 nitrogen and oxygen atoms in total. The van der Waals surface area contributed by atoms with E-state index in [4.69, 9.17) is 0 Å². The van der Waals surface area contributed by atoms with Gasteiger partial charge in [0.05, 0.1) is 0 Å². The van der Waals surface area contributed by atoms with Crippen molar-refractivity contribution >= 4 is 11.9 Å². The highest BCUT2D eigenvalue weighted by atomic mass is 16.4. The SMILES string of the molecule is CCC1(C)C2CCC1(C)C(NC(=O)c1ccccc1)(C(=O)O)C2. The van der Waals surface area contributed by atoms with Crippen molar-refractivity contribution in [2.75, 3.05) is 0 Å². The summed E-state index contributed by atoms with van der Waals surface area (Å²) in [6.07, 6.45) is 3.37. The van der Waals surface area contributed by atoms with Crippen molar-refractivity contribution in [1.29, 1.82) is 0 Å². The molecule has 0 aromatic heterocycles. The molecule has 2 aliphatic rings. The second-order valence-electron chi connectivity index (χ2n) is 7.57. The molecule has 0 heterocycles. The summed E-state index contributed by atoms with van der Waals surface area (Å²) in [7, 11) is 0. The third kappa shape index (κ3) is 1.90. The van der Waals surface area contributed by atoms with Crippen LogP contribution in [0.15, 0.2) is 30.3 Å². The average Bonchev–Trinajstić information content (AvgIpc) is 2.90. The smallest absolute Gasteiger partial charge is 0.330 e. The zero-order chi connectivity index (χ0) is 16.9. The first-order valence-electron chi connectivity index (χ1n) is 8.42. The molecule has 124 valence electrons. The van der Waals surface area contributed by atoms with E-state index in [1.807, 2.05) is 6.07 Å². The fourth-order valence-corrected chi connectivity index (χ4v) is 5.24. The predicted octanol–water partition coefficient (Wildman–Crippen LogP) is 3.48. The van der Waals surface area contributed by atoms with E-state index in [9.17, 15) is 14.7 Å². The second-order valence-corrected chi connectivity index (χ2v) is 7.57. The van der Waals surface area contributed by atoms with Crippen LogP contribution < -0.4 is 5.32 Å². The molecule has 2 bridgehead atoms. The van der Waals surface area contributed by atoms with Crippen LogP contribution in [-0.2, 0) is 4.79 Å². The number of carbonyl (C=O) groups is 2. The van der Waals surface area contributed by atoms with E-state index in [1.54, 1.807) is 24.3 Å². The number of aliphatic carboxylic acids is 1. The van der Waals surface area contributed by atoms with E-state index in [2.05, 4.69) is 26.1 Å². The Hall–Kier alpha value is -1.84. The van der Waals surface area contributed by atoms with Crippen LogP contribution in [0.3, 0.4) is 0 Å². The van der Waals surface area contributed by atoms with Crippen molar-refractivity contribution in [2.45, 2.75) is 52.0 Å². The maximum Gasteiger partial charge on any atom is 0.330 e. The molecule has 4 heteroatoms. The largest absolute Gasteiger partial charge is 0.479 e. The van der Waals surface area contributed by atoms with E-state index < -0.39 is 16.9 Å². The van der Waals surface area contributed by atoms with Crippen LogP contribution in [0, 0.1) is 16.7 Å². The molecule has 0 aliphatic heterocycles. The van der Waals surface area contributed by atoms with Gasteiger partial charge in [-0.3, -0.25) is 4.79 Å². The van der Waals surface area contributed by atoms with Gasteiger partial charge in [-0.25, -0.2) is 4.79 Å². The lowest BCUT2D eigenvalue weighted by Crippen LogP contribution is -2.64. The zero-order valence-electron chi connectivity index (χ0n) is 14.1. The number of carboxylic acids is 1. The van der Waals surface area contributed by atoms with Gasteiger partial charge in [-0.05, 0) is 49.1 Å². The Morgan fingerprint density at radius 1 is 1.26 bits per heavy atom. The monoisotopic (exact) mass is 315 g/mol. The van der Waals surface area contributed by atoms with Gasteiger partial charge in [0.2, 0.25) is 0 Å². The maximum atomic E-state index is 12.7. The summed E-state index contributed by atoms with van der Waals surface area (Å²) in [6, 6.07) is 8.87. The number of benzene rings is 1. The number of fused-ring (bicyclic) bond motifs is 2. The lowest BCUT2D eigenvalue weighted by Gasteiger charge is -2.47. The summed E-state index contributed by atoms with van der Waals surface area (Å²) < 4.78 is 0. The van der Waals surface area contributed by atoms with E-state index in [-0.39, 0.29) is 11.3 Å². The lowest BCUT2D eigenvalue weighted by molar-refractivity contribution is -0.152. The third-order valence-electron chi connectivity index (χ3n) is 7.11. The molecule has 2 N–H and O–H groups in total. The molecule has 1 amide bonds. The standard InChI is InChI=1S/C19H25NO3/c1-4-17(2)14-10-11-18(17,3)19(12-14,16(22)23)20-15(21)13-8-6-5-7-9-13/h5-9,14H,4,10-12H2,1-3H3,(H,20,21)(H,22,23). The van der Waals surface area contributed by atoms with E-state index in [1.165, 1.54) is 0 Å². The van der Waals surface area contributed by atoms with E-state index in [0.29, 0.717) is 17.9 Å². The number of nitrogens with one attached hydrogen (secondary N) is 1. The minimum atomic E-state index is -1.17. The van der Waals surface area contributed by atoms with Crippen LogP contribution in [0.4, 0.5) is 0 Å². The molecule has 2 saturated carbocycles. The third-order valence-corrected chi connectivity index (χ3v) is 7.11. The van der Waals surface area contributed by atoms with Crippen LogP contribution >= 0.6 is 0 Å². The highest BCUT2D eigenvalue weighted by molar-refractivity contribution is 5.98. The van der Waals surface area contributed by atoms with Crippen LogP contribution in [0.1, 0.15) is 56.8 Å². The molecule has 3 rings (SSSR count).